The molecule has 2 aromatic carbocycles. The topological polar surface area (TPSA) is 38.3 Å². The number of hydrogen-bond acceptors (Lipinski definition) is 3. The third-order valence-corrected chi connectivity index (χ3v) is 3.39. The molecule has 104 valence electrons. The molecule has 0 bridgehead atoms. The highest BCUT2D eigenvalue weighted by atomic mass is 35.5. The molecular weight excluding hydrogens is 274 g/mol. The number of carbonyl (C=O) groups is 1. The zero-order valence-electron chi connectivity index (χ0n) is 11.4. The maximum atomic E-state index is 11.4. The van der Waals surface area contributed by atoms with Gasteiger partial charge in [-0.1, -0.05) is 29.8 Å². The summed E-state index contributed by atoms with van der Waals surface area (Å²) in [6.45, 7) is 2.14. The Hall–Kier alpha value is -2.00. The van der Waals surface area contributed by atoms with E-state index in [4.69, 9.17) is 16.3 Å². The van der Waals surface area contributed by atoms with Crippen molar-refractivity contribution in [3.8, 4) is 5.75 Å². The molecule has 0 saturated heterocycles. The molecule has 0 unspecified atom stereocenters. The summed E-state index contributed by atoms with van der Waals surface area (Å²) in [6, 6.07) is 13.1. The van der Waals surface area contributed by atoms with Crippen molar-refractivity contribution in [2.75, 3.05) is 12.4 Å². The van der Waals surface area contributed by atoms with Gasteiger partial charge >= 0.3 is 0 Å². The van der Waals surface area contributed by atoms with E-state index in [9.17, 15) is 4.79 Å². The third kappa shape index (κ3) is 3.31. The Labute approximate surface area is 123 Å². The van der Waals surface area contributed by atoms with E-state index < -0.39 is 0 Å². The average molecular weight is 290 g/mol. The standard InChI is InChI=1S/C16H16ClNO2/c1-11(19)14-8-7-13(9-16(14)20-2)18-10-12-5-3-4-6-15(12)17/h3-9,18H,10H2,1-2H3. The average Bonchev–Trinajstić information content (AvgIpc) is 2.46. The monoisotopic (exact) mass is 289 g/mol. The number of benzene rings is 2. The summed E-state index contributed by atoms with van der Waals surface area (Å²) < 4.78 is 5.24. The van der Waals surface area contributed by atoms with Crippen LogP contribution >= 0.6 is 11.6 Å². The van der Waals surface area contributed by atoms with E-state index in [-0.39, 0.29) is 5.78 Å². The van der Waals surface area contributed by atoms with Crippen molar-refractivity contribution < 1.29 is 9.53 Å². The number of hydrogen-bond donors (Lipinski definition) is 1. The minimum Gasteiger partial charge on any atom is -0.496 e. The Kier molecular flexibility index (Phi) is 4.64. The van der Waals surface area contributed by atoms with Gasteiger partial charge in [-0.25, -0.2) is 0 Å². The smallest absolute Gasteiger partial charge is 0.163 e. The van der Waals surface area contributed by atoms with Gasteiger partial charge in [0.2, 0.25) is 0 Å². The molecule has 0 spiro atoms. The van der Waals surface area contributed by atoms with Crippen LogP contribution in [-0.2, 0) is 6.54 Å². The first-order valence-corrected chi connectivity index (χ1v) is 6.66. The summed E-state index contributed by atoms with van der Waals surface area (Å²) in [5.74, 6) is 0.557. The lowest BCUT2D eigenvalue weighted by molar-refractivity contribution is 0.101. The lowest BCUT2D eigenvalue weighted by atomic mass is 10.1. The largest absolute Gasteiger partial charge is 0.496 e. The molecule has 0 aliphatic carbocycles. The molecule has 2 rings (SSSR count). The second-order valence-corrected chi connectivity index (χ2v) is 4.82. The van der Waals surface area contributed by atoms with Gasteiger partial charge in [-0.2, -0.15) is 0 Å². The van der Waals surface area contributed by atoms with Crippen LogP contribution in [0.5, 0.6) is 5.75 Å². The van der Waals surface area contributed by atoms with Crippen molar-refractivity contribution in [1.29, 1.82) is 0 Å². The summed E-state index contributed by atoms with van der Waals surface area (Å²) in [6.07, 6.45) is 0. The fourth-order valence-corrected chi connectivity index (χ4v) is 2.13. The second kappa shape index (κ2) is 6.44. The molecule has 0 heterocycles. The summed E-state index contributed by atoms with van der Waals surface area (Å²) >= 11 is 6.11. The van der Waals surface area contributed by atoms with E-state index >= 15 is 0 Å². The molecule has 0 fully saturated rings. The van der Waals surface area contributed by atoms with E-state index in [1.165, 1.54) is 6.92 Å². The molecule has 0 amide bonds. The molecule has 0 atom stereocenters. The number of methoxy groups -OCH3 is 1. The number of anilines is 1. The van der Waals surface area contributed by atoms with Crippen LogP contribution in [0.25, 0.3) is 0 Å². The molecule has 0 aromatic heterocycles. The Morgan fingerprint density at radius 3 is 2.65 bits per heavy atom. The summed E-state index contributed by atoms with van der Waals surface area (Å²) in [4.78, 5) is 11.4. The predicted octanol–water partition coefficient (Wildman–Crippen LogP) is 4.16. The van der Waals surface area contributed by atoms with Gasteiger partial charge in [-0.15, -0.1) is 0 Å². The molecule has 1 N–H and O–H groups in total. The Bertz CT molecular complexity index is 626. The van der Waals surface area contributed by atoms with Gasteiger partial charge in [-0.3, -0.25) is 4.79 Å². The van der Waals surface area contributed by atoms with Crippen molar-refractivity contribution in [3.05, 3.63) is 58.6 Å². The first kappa shape index (κ1) is 14.4. The quantitative estimate of drug-likeness (QED) is 0.840. The highest BCUT2D eigenvalue weighted by Crippen LogP contribution is 2.24. The van der Waals surface area contributed by atoms with Crippen molar-refractivity contribution in [1.82, 2.24) is 0 Å². The van der Waals surface area contributed by atoms with Crippen LogP contribution in [0.15, 0.2) is 42.5 Å². The summed E-state index contributed by atoms with van der Waals surface area (Å²) in [7, 11) is 1.56. The first-order valence-electron chi connectivity index (χ1n) is 6.28. The van der Waals surface area contributed by atoms with Crippen LogP contribution in [0.4, 0.5) is 5.69 Å². The van der Waals surface area contributed by atoms with Crippen molar-refractivity contribution in [2.45, 2.75) is 13.5 Å². The van der Waals surface area contributed by atoms with Gasteiger partial charge in [0, 0.05) is 23.3 Å². The van der Waals surface area contributed by atoms with Crippen LogP contribution < -0.4 is 10.1 Å². The first-order chi connectivity index (χ1) is 9.61. The van der Waals surface area contributed by atoms with Crippen LogP contribution in [0, 0.1) is 0 Å². The zero-order chi connectivity index (χ0) is 14.5. The number of ether oxygens (including phenoxy) is 1. The Balaban J connectivity index is 2.15. The van der Waals surface area contributed by atoms with Gasteiger partial charge < -0.3 is 10.1 Å². The van der Waals surface area contributed by atoms with Gasteiger partial charge in [0.25, 0.3) is 0 Å². The number of Topliss-reactive ketones (excluding diaryl/α,β-unsaturated/α-hetero) is 1. The normalized spacial score (nSPS) is 10.2. The molecule has 0 radical (unpaired) electrons. The van der Waals surface area contributed by atoms with Crippen LogP contribution in [-0.4, -0.2) is 12.9 Å². The highest BCUT2D eigenvalue weighted by molar-refractivity contribution is 6.31. The number of rotatable bonds is 5. The lowest BCUT2D eigenvalue weighted by Gasteiger charge is -2.11. The maximum absolute atomic E-state index is 11.4. The number of carbonyl (C=O) groups excluding carboxylic acids is 1. The number of ketones is 1. The van der Waals surface area contributed by atoms with Crippen LogP contribution in [0.2, 0.25) is 5.02 Å². The molecule has 0 saturated carbocycles. The molecular formula is C16H16ClNO2. The Morgan fingerprint density at radius 2 is 2.00 bits per heavy atom. The predicted molar refractivity (Wildman–Crippen MR) is 81.8 cm³/mol. The zero-order valence-corrected chi connectivity index (χ0v) is 12.2. The molecule has 0 aliphatic heterocycles. The third-order valence-electron chi connectivity index (χ3n) is 3.02. The van der Waals surface area contributed by atoms with E-state index in [0.29, 0.717) is 17.9 Å². The number of nitrogens with one attached hydrogen (secondary N) is 1. The van der Waals surface area contributed by atoms with Crippen LogP contribution in [0.3, 0.4) is 0 Å². The van der Waals surface area contributed by atoms with E-state index in [1.807, 2.05) is 36.4 Å². The van der Waals surface area contributed by atoms with E-state index in [0.717, 1.165) is 16.3 Å². The fraction of sp³-hybridized carbons (Fsp3) is 0.188. The minimum absolute atomic E-state index is 0.0143. The molecule has 2 aromatic rings. The number of halogens is 1. The molecule has 4 heteroatoms. The van der Waals surface area contributed by atoms with Crippen molar-refractivity contribution in [2.24, 2.45) is 0 Å². The van der Waals surface area contributed by atoms with E-state index in [2.05, 4.69) is 5.32 Å². The molecule has 0 aliphatic rings. The maximum Gasteiger partial charge on any atom is 0.163 e. The van der Waals surface area contributed by atoms with Gasteiger partial charge in [0.1, 0.15) is 5.75 Å². The van der Waals surface area contributed by atoms with Crippen molar-refractivity contribution in [3.63, 3.8) is 0 Å². The van der Waals surface area contributed by atoms with Crippen LogP contribution in [0.1, 0.15) is 22.8 Å². The SMILES string of the molecule is COc1cc(NCc2ccccc2Cl)ccc1C(C)=O. The van der Waals surface area contributed by atoms with Gasteiger partial charge in [0.05, 0.1) is 12.7 Å². The highest BCUT2D eigenvalue weighted by Gasteiger charge is 2.08. The lowest BCUT2D eigenvalue weighted by Crippen LogP contribution is -2.02. The Morgan fingerprint density at radius 1 is 1.25 bits per heavy atom. The van der Waals surface area contributed by atoms with Gasteiger partial charge in [0.15, 0.2) is 5.78 Å². The van der Waals surface area contributed by atoms with Gasteiger partial charge in [-0.05, 0) is 30.7 Å². The fourth-order valence-electron chi connectivity index (χ4n) is 1.93. The van der Waals surface area contributed by atoms with Crippen molar-refractivity contribution >= 4 is 23.1 Å². The molecule has 20 heavy (non-hydrogen) atoms. The summed E-state index contributed by atoms with van der Waals surface area (Å²) in [5, 5.41) is 4.00. The molecule has 3 nitrogen and oxygen atoms in total. The minimum atomic E-state index is -0.0143. The second-order valence-electron chi connectivity index (χ2n) is 4.42. The summed E-state index contributed by atoms with van der Waals surface area (Å²) in [5.41, 5.74) is 2.48. The van der Waals surface area contributed by atoms with E-state index in [1.54, 1.807) is 13.2 Å².